The lowest BCUT2D eigenvalue weighted by molar-refractivity contribution is -0.130. The van der Waals surface area contributed by atoms with Gasteiger partial charge in [0.15, 0.2) is 6.61 Å². The maximum Gasteiger partial charge on any atom is 0.322 e. The van der Waals surface area contributed by atoms with E-state index in [1.54, 1.807) is 14.1 Å². The van der Waals surface area contributed by atoms with Crippen LogP contribution >= 0.6 is 0 Å². The number of carbonyl (C=O) groups is 2. The number of fused-ring (bicyclic) bond motifs is 2. The van der Waals surface area contributed by atoms with Gasteiger partial charge in [-0.2, -0.15) is 0 Å². The van der Waals surface area contributed by atoms with Crippen LogP contribution in [0.1, 0.15) is 12.0 Å². The molecule has 0 spiro atoms. The van der Waals surface area contributed by atoms with E-state index in [1.807, 2.05) is 30.0 Å². The Balaban J connectivity index is 1.68. The summed E-state index contributed by atoms with van der Waals surface area (Å²) in [5, 5.41) is 2.96. The Morgan fingerprint density at radius 1 is 1.28 bits per heavy atom. The predicted octanol–water partition coefficient (Wildman–Crippen LogP) is 1.38. The fourth-order valence-electron chi connectivity index (χ4n) is 3.28. The number of rotatable bonds is 4. The number of benzene rings is 1. The van der Waals surface area contributed by atoms with Crippen molar-refractivity contribution in [2.75, 3.05) is 52.2 Å². The van der Waals surface area contributed by atoms with Crippen LogP contribution < -0.4 is 10.1 Å². The number of likely N-dealkylation sites (N-methyl/N-ethyl adjacent to an activating group) is 1. The highest BCUT2D eigenvalue weighted by Crippen LogP contribution is 2.27. The van der Waals surface area contributed by atoms with E-state index in [-0.39, 0.29) is 18.5 Å². The number of carbonyl (C=O) groups excluding carboxylic acids is 2. The molecule has 7 nitrogen and oxygen atoms in total. The van der Waals surface area contributed by atoms with Crippen molar-refractivity contribution in [1.29, 1.82) is 0 Å². The van der Waals surface area contributed by atoms with Crippen molar-refractivity contribution >= 4 is 17.6 Å². The van der Waals surface area contributed by atoms with Gasteiger partial charge in [0, 0.05) is 46.3 Å². The Bertz CT molecular complexity index is 662. The number of amides is 3. The zero-order valence-corrected chi connectivity index (χ0v) is 15.1. The first-order chi connectivity index (χ1) is 11.9. The van der Waals surface area contributed by atoms with Crippen LogP contribution in [-0.4, -0.2) is 79.6 Å². The summed E-state index contributed by atoms with van der Waals surface area (Å²) < 4.78 is 5.66. The van der Waals surface area contributed by atoms with Crippen LogP contribution in [0.2, 0.25) is 0 Å². The molecule has 2 aliphatic rings. The van der Waals surface area contributed by atoms with E-state index in [0.717, 1.165) is 38.2 Å². The van der Waals surface area contributed by atoms with Crippen molar-refractivity contribution in [1.82, 2.24) is 14.7 Å². The molecule has 136 valence electrons. The molecule has 1 aromatic rings. The zero-order valence-electron chi connectivity index (χ0n) is 15.1. The van der Waals surface area contributed by atoms with Gasteiger partial charge >= 0.3 is 6.03 Å². The van der Waals surface area contributed by atoms with Crippen LogP contribution in [0.15, 0.2) is 18.2 Å². The normalized spacial score (nSPS) is 21.8. The Morgan fingerprint density at radius 2 is 2.08 bits per heavy atom. The fourth-order valence-corrected chi connectivity index (χ4v) is 3.28. The van der Waals surface area contributed by atoms with Crippen molar-refractivity contribution in [3.63, 3.8) is 0 Å². The van der Waals surface area contributed by atoms with Crippen LogP contribution in [0.3, 0.4) is 0 Å². The molecule has 1 N–H and O–H groups in total. The lowest BCUT2D eigenvalue weighted by Crippen LogP contribution is -2.51. The third-order valence-corrected chi connectivity index (χ3v) is 4.83. The van der Waals surface area contributed by atoms with E-state index in [1.165, 1.54) is 4.90 Å². The van der Waals surface area contributed by atoms with Crippen LogP contribution in [0.5, 0.6) is 5.75 Å². The van der Waals surface area contributed by atoms with Crippen molar-refractivity contribution in [2.24, 2.45) is 0 Å². The molecule has 3 amide bonds. The molecule has 2 saturated heterocycles. The molecule has 2 bridgehead atoms. The minimum absolute atomic E-state index is 0.0549. The molecule has 0 aromatic heterocycles. The summed E-state index contributed by atoms with van der Waals surface area (Å²) >= 11 is 0. The van der Waals surface area contributed by atoms with Gasteiger partial charge in [-0.3, -0.25) is 9.69 Å². The summed E-state index contributed by atoms with van der Waals surface area (Å²) in [6, 6.07) is 5.78. The van der Waals surface area contributed by atoms with Gasteiger partial charge in [0.05, 0.1) is 5.69 Å². The maximum absolute atomic E-state index is 12.7. The highest BCUT2D eigenvalue weighted by atomic mass is 16.5. The molecule has 25 heavy (non-hydrogen) atoms. The molecule has 2 aliphatic heterocycles. The van der Waals surface area contributed by atoms with Gasteiger partial charge in [-0.1, -0.05) is 6.07 Å². The summed E-state index contributed by atoms with van der Waals surface area (Å²) in [4.78, 5) is 30.3. The highest BCUT2D eigenvalue weighted by Gasteiger charge is 2.35. The molecular formula is C18H26N4O3. The highest BCUT2D eigenvalue weighted by molar-refractivity contribution is 5.91. The number of urea groups is 1. The Morgan fingerprint density at radius 3 is 2.84 bits per heavy atom. The predicted molar refractivity (Wildman–Crippen MR) is 95.9 cm³/mol. The summed E-state index contributed by atoms with van der Waals surface area (Å²) in [6.45, 7) is 5.60. The quantitative estimate of drug-likeness (QED) is 0.895. The molecule has 0 aliphatic carbocycles. The fraction of sp³-hybridized carbons (Fsp3) is 0.556. The van der Waals surface area contributed by atoms with E-state index in [0.29, 0.717) is 17.5 Å². The van der Waals surface area contributed by atoms with Gasteiger partial charge in [-0.25, -0.2) is 4.79 Å². The smallest absolute Gasteiger partial charge is 0.322 e. The summed E-state index contributed by atoms with van der Waals surface area (Å²) in [5.41, 5.74) is 1.61. The lowest BCUT2D eigenvalue weighted by atomic mass is 10.2. The molecule has 3 rings (SSSR count). The van der Waals surface area contributed by atoms with Crippen LogP contribution in [-0.2, 0) is 4.79 Å². The first-order valence-corrected chi connectivity index (χ1v) is 8.67. The maximum atomic E-state index is 12.7. The lowest BCUT2D eigenvalue weighted by Gasteiger charge is -2.34. The van der Waals surface area contributed by atoms with Crippen LogP contribution in [0.4, 0.5) is 10.5 Å². The second-order valence-electron chi connectivity index (χ2n) is 6.94. The summed E-state index contributed by atoms with van der Waals surface area (Å²) in [5.74, 6) is 0.398. The van der Waals surface area contributed by atoms with E-state index in [4.69, 9.17) is 4.74 Å². The SMILES string of the molecule is Cc1ccc(NC(=O)N2CCN3CCC2C3)c(OCC(=O)N(C)C)c1. The first kappa shape index (κ1) is 17.5. The number of aryl methyl sites for hydroxylation is 1. The van der Waals surface area contributed by atoms with Crippen molar-refractivity contribution in [3.05, 3.63) is 23.8 Å². The molecule has 2 fully saturated rings. The Labute approximate surface area is 148 Å². The van der Waals surface area contributed by atoms with E-state index in [2.05, 4.69) is 10.2 Å². The van der Waals surface area contributed by atoms with Crippen molar-refractivity contribution in [2.45, 2.75) is 19.4 Å². The number of anilines is 1. The third kappa shape index (κ3) is 4.04. The number of hydrogen-bond donors (Lipinski definition) is 1. The Kier molecular flexibility index (Phi) is 5.13. The van der Waals surface area contributed by atoms with E-state index < -0.39 is 0 Å². The molecule has 0 radical (unpaired) electrons. The average Bonchev–Trinajstić information content (AvgIpc) is 2.95. The van der Waals surface area contributed by atoms with E-state index >= 15 is 0 Å². The van der Waals surface area contributed by atoms with Gasteiger partial charge < -0.3 is 19.9 Å². The van der Waals surface area contributed by atoms with Crippen molar-refractivity contribution in [3.8, 4) is 5.75 Å². The molecule has 2 heterocycles. The van der Waals surface area contributed by atoms with Gasteiger partial charge in [0.2, 0.25) is 0 Å². The van der Waals surface area contributed by atoms with E-state index in [9.17, 15) is 9.59 Å². The zero-order chi connectivity index (χ0) is 18.0. The molecule has 2 atom stereocenters. The minimum atomic E-state index is -0.124. The number of nitrogens with zero attached hydrogens (tertiary/aromatic N) is 3. The monoisotopic (exact) mass is 346 g/mol. The second-order valence-corrected chi connectivity index (χ2v) is 6.94. The standard InChI is InChI=1S/C18H26N4O3/c1-13-4-5-15(16(10-13)25-12-17(23)20(2)3)19-18(24)22-9-8-21-7-6-14(22)11-21/h4-5,10,14H,6-9,11-12H2,1-3H3,(H,19,24). The number of piperazine rings is 1. The second kappa shape index (κ2) is 7.31. The van der Waals surface area contributed by atoms with Crippen molar-refractivity contribution < 1.29 is 14.3 Å². The molecular weight excluding hydrogens is 320 g/mol. The number of hydrogen-bond acceptors (Lipinski definition) is 4. The largest absolute Gasteiger partial charge is 0.482 e. The summed E-state index contributed by atoms with van der Waals surface area (Å²) in [7, 11) is 3.37. The first-order valence-electron chi connectivity index (χ1n) is 8.67. The third-order valence-electron chi connectivity index (χ3n) is 4.83. The average molecular weight is 346 g/mol. The Hall–Kier alpha value is -2.28. The topological polar surface area (TPSA) is 65.1 Å². The number of nitrogens with one attached hydrogen (secondary N) is 1. The molecule has 1 aromatic carbocycles. The minimum Gasteiger partial charge on any atom is -0.482 e. The van der Waals surface area contributed by atoms with Crippen LogP contribution in [0, 0.1) is 6.92 Å². The number of ether oxygens (including phenoxy) is 1. The van der Waals surface area contributed by atoms with Gasteiger partial charge in [-0.05, 0) is 31.0 Å². The van der Waals surface area contributed by atoms with Gasteiger partial charge in [0.1, 0.15) is 5.75 Å². The summed E-state index contributed by atoms with van der Waals surface area (Å²) in [6.07, 6.45) is 1.03. The molecule has 2 unspecified atom stereocenters. The van der Waals surface area contributed by atoms with Gasteiger partial charge in [-0.15, -0.1) is 0 Å². The molecule has 7 heteroatoms. The molecule has 0 saturated carbocycles. The van der Waals surface area contributed by atoms with Crippen LogP contribution in [0.25, 0.3) is 0 Å². The van der Waals surface area contributed by atoms with Gasteiger partial charge in [0.25, 0.3) is 5.91 Å².